The van der Waals surface area contributed by atoms with Crippen molar-refractivity contribution in [2.75, 3.05) is 12.4 Å². The lowest BCUT2D eigenvalue weighted by molar-refractivity contribution is 0.181. The van der Waals surface area contributed by atoms with Crippen LogP contribution in [-0.2, 0) is 17.9 Å². The van der Waals surface area contributed by atoms with Crippen LogP contribution < -0.4 is 10.6 Å². The van der Waals surface area contributed by atoms with Gasteiger partial charge in [0.1, 0.15) is 5.82 Å². The number of ether oxygens (including phenoxy) is 1. The summed E-state index contributed by atoms with van der Waals surface area (Å²) in [6.45, 7) is 4.49. The van der Waals surface area contributed by atoms with Gasteiger partial charge in [-0.25, -0.2) is 9.18 Å². The van der Waals surface area contributed by atoms with Crippen molar-refractivity contribution in [3.63, 3.8) is 0 Å². The van der Waals surface area contributed by atoms with Crippen molar-refractivity contribution in [1.82, 2.24) is 15.1 Å². The summed E-state index contributed by atoms with van der Waals surface area (Å²) in [4.78, 5) is 11.9. The Morgan fingerprint density at radius 3 is 2.87 bits per heavy atom. The Balaban J connectivity index is 1.89. The molecule has 0 radical (unpaired) electrons. The van der Waals surface area contributed by atoms with Gasteiger partial charge in [0.25, 0.3) is 0 Å². The molecule has 2 rings (SSSR count). The third-order valence-electron chi connectivity index (χ3n) is 3.25. The van der Waals surface area contributed by atoms with Gasteiger partial charge in [-0.3, -0.25) is 4.68 Å². The van der Waals surface area contributed by atoms with Gasteiger partial charge < -0.3 is 15.4 Å². The van der Waals surface area contributed by atoms with E-state index in [1.807, 2.05) is 13.8 Å². The largest absolute Gasteiger partial charge is 0.380 e. The smallest absolute Gasteiger partial charge is 0.319 e. The highest BCUT2D eigenvalue weighted by Crippen LogP contribution is 2.12. The molecule has 0 aliphatic carbocycles. The number of amides is 2. The SMILES string of the molecule is COCc1cc(CNC(=O)Nc2cnn(C(C)C)c2)ccc1F. The summed E-state index contributed by atoms with van der Waals surface area (Å²) < 4.78 is 20.2. The van der Waals surface area contributed by atoms with Crippen LogP contribution in [-0.4, -0.2) is 22.9 Å². The van der Waals surface area contributed by atoms with E-state index >= 15 is 0 Å². The van der Waals surface area contributed by atoms with E-state index in [9.17, 15) is 9.18 Å². The van der Waals surface area contributed by atoms with Gasteiger partial charge in [-0.05, 0) is 31.5 Å². The van der Waals surface area contributed by atoms with E-state index in [0.717, 1.165) is 5.56 Å². The fourth-order valence-electron chi connectivity index (χ4n) is 2.05. The Morgan fingerprint density at radius 2 is 2.22 bits per heavy atom. The number of benzene rings is 1. The molecule has 23 heavy (non-hydrogen) atoms. The first-order valence-corrected chi connectivity index (χ1v) is 7.35. The molecule has 1 aromatic carbocycles. The minimum Gasteiger partial charge on any atom is -0.380 e. The number of nitrogens with one attached hydrogen (secondary N) is 2. The minimum absolute atomic E-state index is 0.195. The Bertz CT molecular complexity index is 670. The number of methoxy groups -OCH3 is 1. The molecule has 0 fully saturated rings. The lowest BCUT2D eigenvalue weighted by Crippen LogP contribution is -2.28. The number of urea groups is 1. The number of rotatable bonds is 6. The maximum Gasteiger partial charge on any atom is 0.319 e. The summed E-state index contributed by atoms with van der Waals surface area (Å²) in [6, 6.07) is 4.56. The van der Waals surface area contributed by atoms with Gasteiger partial charge >= 0.3 is 6.03 Å². The van der Waals surface area contributed by atoms with Crippen LogP contribution in [0.5, 0.6) is 0 Å². The molecule has 0 aliphatic rings. The molecule has 2 amide bonds. The standard InChI is InChI=1S/C16H21FN4O2/c1-11(2)21-9-14(8-19-21)20-16(22)18-7-12-4-5-15(17)13(6-12)10-23-3/h4-6,8-9,11H,7,10H2,1-3H3,(H2,18,20,22). The van der Waals surface area contributed by atoms with E-state index in [0.29, 0.717) is 17.8 Å². The fraction of sp³-hybridized carbons (Fsp3) is 0.375. The second-order valence-corrected chi connectivity index (χ2v) is 5.47. The first kappa shape index (κ1) is 17.0. The molecule has 1 aromatic heterocycles. The molecule has 0 saturated carbocycles. The molecule has 0 saturated heterocycles. The molecule has 2 N–H and O–H groups in total. The van der Waals surface area contributed by atoms with Crippen LogP contribution in [0.3, 0.4) is 0 Å². The van der Waals surface area contributed by atoms with E-state index in [-0.39, 0.29) is 24.5 Å². The fourth-order valence-corrected chi connectivity index (χ4v) is 2.05. The van der Waals surface area contributed by atoms with Gasteiger partial charge in [0.2, 0.25) is 0 Å². The highest BCUT2D eigenvalue weighted by Gasteiger charge is 2.07. The normalized spacial score (nSPS) is 10.8. The zero-order valence-electron chi connectivity index (χ0n) is 13.5. The van der Waals surface area contributed by atoms with Gasteiger partial charge in [-0.1, -0.05) is 6.07 Å². The van der Waals surface area contributed by atoms with E-state index in [2.05, 4.69) is 15.7 Å². The van der Waals surface area contributed by atoms with E-state index in [1.165, 1.54) is 13.2 Å². The van der Waals surface area contributed by atoms with Crippen molar-refractivity contribution >= 4 is 11.7 Å². The zero-order chi connectivity index (χ0) is 16.8. The van der Waals surface area contributed by atoms with Crippen LogP contribution in [0.1, 0.15) is 31.0 Å². The predicted molar refractivity (Wildman–Crippen MR) is 85.6 cm³/mol. The summed E-state index contributed by atoms with van der Waals surface area (Å²) in [5.41, 5.74) is 1.88. The van der Waals surface area contributed by atoms with Crippen LogP contribution >= 0.6 is 0 Å². The lowest BCUT2D eigenvalue weighted by atomic mass is 10.1. The Hall–Kier alpha value is -2.41. The van der Waals surface area contributed by atoms with Crippen LogP contribution in [0.4, 0.5) is 14.9 Å². The zero-order valence-corrected chi connectivity index (χ0v) is 13.5. The summed E-state index contributed by atoms with van der Waals surface area (Å²) in [5.74, 6) is -0.318. The van der Waals surface area contributed by atoms with E-state index < -0.39 is 0 Å². The Morgan fingerprint density at radius 1 is 1.43 bits per heavy atom. The summed E-state index contributed by atoms with van der Waals surface area (Å²) in [7, 11) is 1.51. The molecular weight excluding hydrogens is 299 g/mol. The first-order valence-electron chi connectivity index (χ1n) is 7.35. The molecule has 2 aromatic rings. The van der Waals surface area contributed by atoms with Crippen LogP contribution in [0.15, 0.2) is 30.6 Å². The van der Waals surface area contributed by atoms with Gasteiger partial charge in [0.15, 0.2) is 0 Å². The van der Waals surface area contributed by atoms with Crippen molar-refractivity contribution in [3.05, 3.63) is 47.5 Å². The number of hydrogen-bond acceptors (Lipinski definition) is 3. The molecule has 6 nitrogen and oxygen atoms in total. The monoisotopic (exact) mass is 320 g/mol. The topological polar surface area (TPSA) is 68.2 Å². The Kier molecular flexibility index (Phi) is 5.70. The van der Waals surface area contributed by atoms with Crippen LogP contribution in [0.2, 0.25) is 0 Å². The second-order valence-electron chi connectivity index (χ2n) is 5.47. The van der Waals surface area contributed by atoms with Crippen molar-refractivity contribution in [1.29, 1.82) is 0 Å². The molecule has 0 bridgehead atoms. The van der Waals surface area contributed by atoms with Gasteiger partial charge in [-0.2, -0.15) is 5.10 Å². The second kappa shape index (κ2) is 7.73. The van der Waals surface area contributed by atoms with Gasteiger partial charge in [-0.15, -0.1) is 0 Å². The molecule has 0 atom stereocenters. The number of anilines is 1. The third-order valence-corrected chi connectivity index (χ3v) is 3.25. The molecule has 124 valence electrons. The Labute approximate surface area is 134 Å². The van der Waals surface area contributed by atoms with Crippen LogP contribution in [0, 0.1) is 5.82 Å². The molecular formula is C16H21FN4O2. The lowest BCUT2D eigenvalue weighted by Gasteiger charge is -2.08. The molecule has 1 heterocycles. The van der Waals surface area contributed by atoms with Crippen molar-refractivity contribution in [2.24, 2.45) is 0 Å². The minimum atomic E-state index is -0.342. The summed E-state index contributed by atoms with van der Waals surface area (Å²) >= 11 is 0. The molecule has 0 aliphatic heterocycles. The third kappa shape index (κ3) is 4.79. The van der Waals surface area contributed by atoms with E-state index in [4.69, 9.17) is 4.74 Å². The van der Waals surface area contributed by atoms with E-state index in [1.54, 1.807) is 29.2 Å². The van der Waals surface area contributed by atoms with Gasteiger partial charge in [0.05, 0.1) is 18.5 Å². The van der Waals surface area contributed by atoms with Crippen molar-refractivity contribution in [2.45, 2.75) is 33.0 Å². The number of carbonyl (C=O) groups excluding carboxylic acids is 1. The molecule has 0 spiro atoms. The first-order chi connectivity index (χ1) is 11.0. The predicted octanol–water partition coefficient (Wildman–Crippen LogP) is 3.07. The number of hydrogen-bond donors (Lipinski definition) is 2. The number of nitrogens with zero attached hydrogens (tertiary/aromatic N) is 2. The molecule has 0 unspecified atom stereocenters. The van der Waals surface area contributed by atoms with Crippen LogP contribution in [0.25, 0.3) is 0 Å². The van der Waals surface area contributed by atoms with Crippen molar-refractivity contribution < 1.29 is 13.9 Å². The number of halogens is 1. The van der Waals surface area contributed by atoms with Gasteiger partial charge in [0, 0.05) is 31.5 Å². The highest BCUT2D eigenvalue weighted by molar-refractivity contribution is 5.88. The van der Waals surface area contributed by atoms with Crippen molar-refractivity contribution in [3.8, 4) is 0 Å². The molecule has 7 heteroatoms. The average molecular weight is 320 g/mol. The maximum absolute atomic E-state index is 13.5. The maximum atomic E-state index is 13.5. The quantitative estimate of drug-likeness (QED) is 0.859. The summed E-state index contributed by atoms with van der Waals surface area (Å²) in [5, 5.41) is 9.58. The number of carbonyl (C=O) groups is 1. The highest BCUT2D eigenvalue weighted by atomic mass is 19.1. The summed E-state index contributed by atoms with van der Waals surface area (Å²) in [6.07, 6.45) is 3.35. The number of aromatic nitrogens is 2. The average Bonchev–Trinajstić information content (AvgIpc) is 2.97.